The maximum absolute atomic E-state index is 12.9. The smallest absolute Gasteiger partial charge is 0.276 e. The molecule has 1 amide bonds. The first-order valence-corrected chi connectivity index (χ1v) is 7.24. The highest BCUT2D eigenvalue weighted by Crippen LogP contribution is 2.23. The van der Waals surface area contributed by atoms with Gasteiger partial charge in [-0.15, -0.1) is 0 Å². The molecule has 1 fully saturated rings. The molecule has 116 valence electrons. The molecule has 0 bridgehead atoms. The number of aliphatic hydroxyl groups is 1. The maximum Gasteiger partial charge on any atom is 0.276 e. The molecule has 0 spiro atoms. The first-order chi connectivity index (χ1) is 10.5. The van der Waals surface area contributed by atoms with Crippen molar-refractivity contribution in [2.75, 3.05) is 13.1 Å². The summed E-state index contributed by atoms with van der Waals surface area (Å²) in [7, 11) is 0. The molecule has 2 aromatic rings. The lowest BCUT2D eigenvalue weighted by Gasteiger charge is -2.33. The number of likely N-dealkylation sites (tertiary alicyclic amines) is 1. The van der Waals surface area contributed by atoms with Crippen molar-refractivity contribution < 1.29 is 18.8 Å². The summed E-state index contributed by atoms with van der Waals surface area (Å²) in [5.74, 6) is 0.00413. The van der Waals surface area contributed by atoms with E-state index in [0.29, 0.717) is 24.4 Å². The van der Waals surface area contributed by atoms with E-state index in [-0.39, 0.29) is 23.3 Å². The predicted molar refractivity (Wildman–Crippen MR) is 77.6 cm³/mol. The number of hydrogen-bond donors (Lipinski definition) is 1. The van der Waals surface area contributed by atoms with Gasteiger partial charge in [0, 0.05) is 24.7 Å². The quantitative estimate of drug-likeness (QED) is 0.924. The second-order valence-corrected chi connectivity index (χ2v) is 5.67. The summed E-state index contributed by atoms with van der Waals surface area (Å²) in [4.78, 5) is 14.0. The van der Waals surface area contributed by atoms with Gasteiger partial charge in [0.25, 0.3) is 5.91 Å². The fourth-order valence-electron chi connectivity index (χ4n) is 2.52. The third-order valence-corrected chi connectivity index (χ3v) is 4.06. The van der Waals surface area contributed by atoms with Crippen LogP contribution in [0.5, 0.6) is 0 Å². The molecule has 0 radical (unpaired) electrons. The summed E-state index contributed by atoms with van der Waals surface area (Å²) in [5, 5.41) is 13.7. The summed E-state index contributed by atoms with van der Waals surface area (Å²) < 4.78 is 18.1. The summed E-state index contributed by atoms with van der Waals surface area (Å²) >= 11 is 0. The Morgan fingerprint density at radius 1 is 1.41 bits per heavy atom. The first kappa shape index (κ1) is 14.7. The lowest BCUT2D eigenvalue weighted by molar-refractivity contribution is 0.0243. The van der Waals surface area contributed by atoms with Crippen LogP contribution in [-0.4, -0.2) is 40.3 Å². The van der Waals surface area contributed by atoms with Gasteiger partial charge in [-0.25, -0.2) is 4.39 Å². The number of nitrogens with zero attached hydrogens (tertiary/aromatic N) is 2. The van der Waals surface area contributed by atoms with E-state index in [4.69, 9.17) is 4.52 Å². The highest BCUT2D eigenvalue weighted by molar-refractivity contribution is 5.93. The van der Waals surface area contributed by atoms with Crippen molar-refractivity contribution >= 4 is 5.91 Å². The molecule has 0 saturated carbocycles. The molecule has 2 heterocycles. The molecule has 2 atom stereocenters. The third-order valence-electron chi connectivity index (χ3n) is 4.06. The van der Waals surface area contributed by atoms with Crippen LogP contribution >= 0.6 is 0 Å². The van der Waals surface area contributed by atoms with Crippen LogP contribution in [0.15, 0.2) is 34.9 Å². The Labute approximate surface area is 127 Å². The van der Waals surface area contributed by atoms with Crippen molar-refractivity contribution in [3.8, 4) is 11.3 Å². The van der Waals surface area contributed by atoms with E-state index in [2.05, 4.69) is 5.16 Å². The summed E-state index contributed by atoms with van der Waals surface area (Å²) in [6.45, 7) is 2.86. The number of benzene rings is 1. The zero-order valence-electron chi connectivity index (χ0n) is 12.2. The molecule has 1 aromatic carbocycles. The Hall–Kier alpha value is -2.21. The van der Waals surface area contributed by atoms with Crippen LogP contribution < -0.4 is 0 Å². The average Bonchev–Trinajstić information content (AvgIpc) is 3.00. The van der Waals surface area contributed by atoms with Gasteiger partial charge in [0.15, 0.2) is 11.5 Å². The Balaban J connectivity index is 1.76. The lowest BCUT2D eigenvalue weighted by atomic mass is 9.96. The molecule has 1 aliphatic rings. The molecule has 3 rings (SSSR count). The second kappa shape index (κ2) is 5.88. The fourth-order valence-corrected chi connectivity index (χ4v) is 2.52. The topological polar surface area (TPSA) is 66.6 Å². The van der Waals surface area contributed by atoms with E-state index < -0.39 is 6.10 Å². The van der Waals surface area contributed by atoms with Gasteiger partial charge in [-0.05, 0) is 36.6 Å². The molecule has 22 heavy (non-hydrogen) atoms. The number of rotatable bonds is 2. The first-order valence-electron chi connectivity index (χ1n) is 7.24. The number of amides is 1. The Morgan fingerprint density at radius 2 is 2.14 bits per heavy atom. The zero-order chi connectivity index (χ0) is 15.7. The highest BCUT2D eigenvalue weighted by Gasteiger charge is 2.29. The van der Waals surface area contributed by atoms with E-state index >= 15 is 0 Å². The van der Waals surface area contributed by atoms with Crippen molar-refractivity contribution in [2.45, 2.75) is 19.4 Å². The Bertz CT molecular complexity index is 668. The Kier molecular flexibility index (Phi) is 3.94. The van der Waals surface area contributed by atoms with Gasteiger partial charge in [0.05, 0.1) is 6.10 Å². The number of hydrogen-bond acceptors (Lipinski definition) is 4. The Morgan fingerprint density at radius 3 is 2.82 bits per heavy atom. The molecule has 0 aliphatic carbocycles. The minimum Gasteiger partial charge on any atom is -0.391 e. The van der Waals surface area contributed by atoms with Gasteiger partial charge in [-0.2, -0.15) is 0 Å². The molecular weight excluding hydrogens is 287 g/mol. The number of β-amino-alcohol motifs (C(OH)–C–C–N with tert-alkyl or cyclic N) is 1. The molecular formula is C16H17FN2O3. The van der Waals surface area contributed by atoms with E-state index in [1.807, 2.05) is 6.92 Å². The fraction of sp³-hybridized carbons (Fsp3) is 0.375. The lowest BCUT2D eigenvalue weighted by Crippen LogP contribution is -2.45. The normalized spacial score (nSPS) is 21.9. The molecule has 1 aromatic heterocycles. The average molecular weight is 304 g/mol. The number of carbonyl (C=O) groups excluding carboxylic acids is 1. The van der Waals surface area contributed by atoms with Gasteiger partial charge < -0.3 is 14.5 Å². The second-order valence-electron chi connectivity index (χ2n) is 5.67. The number of carbonyl (C=O) groups is 1. The van der Waals surface area contributed by atoms with Gasteiger partial charge in [-0.1, -0.05) is 12.1 Å². The highest BCUT2D eigenvalue weighted by atomic mass is 19.1. The van der Waals surface area contributed by atoms with Crippen LogP contribution in [0.4, 0.5) is 4.39 Å². The summed E-state index contributed by atoms with van der Waals surface area (Å²) in [6, 6.07) is 7.32. The molecule has 1 N–H and O–H groups in total. The summed E-state index contributed by atoms with van der Waals surface area (Å²) in [5.41, 5.74) is 0.848. The number of halogens is 1. The van der Waals surface area contributed by atoms with Crippen molar-refractivity contribution in [2.24, 2.45) is 5.92 Å². The van der Waals surface area contributed by atoms with Crippen LogP contribution in [-0.2, 0) is 0 Å². The van der Waals surface area contributed by atoms with Crippen molar-refractivity contribution in [3.05, 3.63) is 41.8 Å². The van der Waals surface area contributed by atoms with Gasteiger partial charge in [-0.3, -0.25) is 4.79 Å². The molecule has 1 saturated heterocycles. The minimum absolute atomic E-state index is 0.191. The molecule has 1 aliphatic heterocycles. The predicted octanol–water partition coefficient (Wildman–Crippen LogP) is 2.32. The van der Waals surface area contributed by atoms with Crippen LogP contribution in [0.25, 0.3) is 11.3 Å². The minimum atomic E-state index is -0.513. The number of piperidine rings is 1. The molecule has 6 heteroatoms. The van der Waals surface area contributed by atoms with Gasteiger partial charge in [0.2, 0.25) is 0 Å². The van der Waals surface area contributed by atoms with Crippen LogP contribution in [0.2, 0.25) is 0 Å². The van der Waals surface area contributed by atoms with E-state index in [1.54, 1.807) is 23.1 Å². The van der Waals surface area contributed by atoms with Crippen molar-refractivity contribution in [1.29, 1.82) is 0 Å². The largest absolute Gasteiger partial charge is 0.391 e. The standard InChI is InChI=1S/C16H17FN2O3/c1-10-6-7-19(9-14(10)20)16(21)13-8-15(22-18-13)11-2-4-12(17)5-3-11/h2-5,8,10,14,20H,6-7,9H2,1H3. The van der Waals surface area contributed by atoms with Crippen LogP contribution in [0, 0.1) is 11.7 Å². The van der Waals surface area contributed by atoms with Crippen LogP contribution in [0.3, 0.4) is 0 Å². The van der Waals surface area contributed by atoms with Crippen molar-refractivity contribution in [1.82, 2.24) is 10.1 Å². The number of aliphatic hydroxyl groups excluding tert-OH is 1. The summed E-state index contributed by atoms with van der Waals surface area (Å²) in [6.07, 6.45) is 0.247. The third kappa shape index (κ3) is 2.87. The monoisotopic (exact) mass is 304 g/mol. The van der Waals surface area contributed by atoms with Gasteiger partial charge >= 0.3 is 0 Å². The number of aromatic nitrogens is 1. The van der Waals surface area contributed by atoms with Gasteiger partial charge in [0.1, 0.15) is 5.82 Å². The molecule has 2 unspecified atom stereocenters. The van der Waals surface area contributed by atoms with E-state index in [0.717, 1.165) is 6.42 Å². The maximum atomic E-state index is 12.9. The van der Waals surface area contributed by atoms with E-state index in [1.165, 1.54) is 12.1 Å². The van der Waals surface area contributed by atoms with E-state index in [9.17, 15) is 14.3 Å². The molecule has 5 nitrogen and oxygen atoms in total. The zero-order valence-corrected chi connectivity index (χ0v) is 12.2. The SMILES string of the molecule is CC1CCN(C(=O)c2cc(-c3ccc(F)cc3)on2)CC1O. The van der Waals surface area contributed by atoms with Crippen LogP contribution in [0.1, 0.15) is 23.8 Å². The van der Waals surface area contributed by atoms with Crippen molar-refractivity contribution in [3.63, 3.8) is 0 Å².